The third-order valence-electron chi connectivity index (χ3n) is 11.5. The molecule has 0 aromatic carbocycles. The van der Waals surface area contributed by atoms with E-state index in [1.165, 1.54) is 244 Å². The fourth-order valence-corrected chi connectivity index (χ4v) is 7.85. The third kappa shape index (κ3) is 44.7. The molecule has 0 heterocycles. The van der Waals surface area contributed by atoms with Crippen molar-refractivity contribution in [2.24, 2.45) is 0 Å². The van der Waals surface area contributed by atoms with Crippen molar-refractivity contribution >= 4 is 5.97 Å². The predicted molar refractivity (Wildman–Crippen MR) is 222 cm³/mol. The second-order valence-electron chi connectivity index (χ2n) is 16.5. The Morgan fingerprint density at radius 3 is 0.784 bits per heavy atom. The Bertz CT molecular complexity index is 602. The monoisotopic (exact) mass is 728 g/mol. The molecular weight excluding hydrogens is 634 g/mol. The number of nitrogens with zero attached hydrogens (tertiary/aromatic N) is 1. The van der Waals surface area contributed by atoms with E-state index < -0.39 is 5.97 Å². The van der Waals surface area contributed by atoms with Crippen LogP contribution in [0.15, 0.2) is 0 Å². The van der Waals surface area contributed by atoms with Gasteiger partial charge in [0.1, 0.15) is 0 Å². The Labute approximate surface area is 345 Å². The van der Waals surface area contributed by atoms with Gasteiger partial charge in [0.2, 0.25) is 0 Å². The molecule has 0 amide bonds. The zero-order valence-corrected chi connectivity index (χ0v) is 38.0. The van der Waals surface area contributed by atoms with Crippen molar-refractivity contribution in [3.8, 4) is 0 Å². The molecule has 0 spiro atoms. The van der Waals surface area contributed by atoms with Crippen LogP contribution in [0.1, 0.15) is 278 Å². The molecule has 0 aromatic heterocycles. The number of carbonyl (C=O) groups excluding carboxylic acids is 1. The molecular formula is C47H94NNaO2. The average molecular weight is 728 g/mol. The van der Waals surface area contributed by atoms with Gasteiger partial charge in [-0.1, -0.05) is 245 Å². The molecule has 0 fully saturated rings. The van der Waals surface area contributed by atoms with Crippen molar-refractivity contribution in [1.29, 1.82) is 0 Å². The molecule has 0 aliphatic heterocycles. The van der Waals surface area contributed by atoms with Gasteiger partial charge in [0.15, 0.2) is 0 Å². The molecule has 51 heavy (non-hydrogen) atoms. The van der Waals surface area contributed by atoms with Gasteiger partial charge >= 0.3 is 29.6 Å². The first-order chi connectivity index (χ1) is 24.6. The minimum Gasteiger partial charge on any atom is -0.550 e. The molecule has 1 unspecified atom stereocenters. The SMILES string of the molecule is CCCCCCCCCCCCCCCCCCCCCN(CCCCCCCCCCCCCCCCCCCCC)C(C)CCC(=O)[O-].[Na+]. The summed E-state index contributed by atoms with van der Waals surface area (Å²) in [5.74, 6) is -0.899. The number of carboxylic acids is 1. The fourth-order valence-electron chi connectivity index (χ4n) is 7.85. The molecule has 0 saturated carbocycles. The van der Waals surface area contributed by atoms with Gasteiger partial charge in [0, 0.05) is 12.0 Å². The smallest absolute Gasteiger partial charge is 0.550 e. The fraction of sp³-hybridized carbons (Fsp3) is 0.979. The van der Waals surface area contributed by atoms with Crippen molar-refractivity contribution in [1.82, 2.24) is 4.90 Å². The molecule has 0 aromatic rings. The molecule has 3 nitrogen and oxygen atoms in total. The number of carbonyl (C=O) groups is 1. The van der Waals surface area contributed by atoms with Gasteiger partial charge < -0.3 is 14.8 Å². The van der Waals surface area contributed by atoms with E-state index in [1.807, 2.05) is 0 Å². The molecule has 0 aliphatic rings. The summed E-state index contributed by atoms with van der Waals surface area (Å²) in [6, 6.07) is 0.346. The minimum atomic E-state index is -0.899. The van der Waals surface area contributed by atoms with Crippen LogP contribution >= 0.6 is 0 Å². The second-order valence-corrected chi connectivity index (χ2v) is 16.5. The Hall–Kier alpha value is 0.430. The van der Waals surface area contributed by atoms with Gasteiger partial charge in [-0.25, -0.2) is 0 Å². The van der Waals surface area contributed by atoms with Gasteiger partial charge in [0.05, 0.1) is 0 Å². The van der Waals surface area contributed by atoms with Gasteiger partial charge in [0.25, 0.3) is 0 Å². The van der Waals surface area contributed by atoms with E-state index in [4.69, 9.17) is 0 Å². The summed E-state index contributed by atoms with van der Waals surface area (Å²) in [5.41, 5.74) is 0. The standard InChI is InChI=1S/C47H95NO2.Na/c1-4-6-8-10-12-14-16-18-20-22-24-26-28-30-32-34-36-38-40-44-48(46(3)42-43-47(49)50)45-41-39-37-35-33-31-29-27-25-23-21-19-17-15-13-11-9-7-5-2;/h46H,4-45H2,1-3H3,(H,49,50);/q;+1/p-1. The number of hydrogen-bond acceptors (Lipinski definition) is 3. The summed E-state index contributed by atoms with van der Waals surface area (Å²) in [4.78, 5) is 13.7. The summed E-state index contributed by atoms with van der Waals surface area (Å²) in [6.45, 7) is 9.09. The summed E-state index contributed by atoms with van der Waals surface area (Å²) < 4.78 is 0. The van der Waals surface area contributed by atoms with E-state index in [1.54, 1.807) is 0 Å². The molecule has 0 radical (unpaired) electrons. The first-order valence-electron chi connectivity index (χ1n) is 23.6. The Balaban J connectivity index is 0. The number of rotatable bonds is 44. The summed E-state index contributed by atoms with van der Waals surface area (Å²) in [5, 5.41) is 11.1. The molecule has 1 atom stereocenters. The van der Waals surface area contributed by atoms with Gasteiger partial charge in [-0.15, -0.1) is 0 Å². The first kappa shape index (κ1) is 53.5. The van der Waals surface area contributed by atoms with Gasteiger partial charge in [-0.3, -0.25) is 0 Å². The number of carboxylic acid groups (broad SMARTS) is 1. The minimum absolute atomic E-state index is 0. The number of aliphatic carboxylic acids is 1. The van der Waals surface area contributed by atoms with Crippen LogP contribution in [0.5, 0.6) is 0 Å². The van der Waals surface area contributed by atoms with Crippen LogP contribution in [0.4, 0.5) is 0 Å². The molecule has 300 valence electrons. The maximum Gasteiger partial charge on any atom is 1.00 e. The van der Waals surface area contributed by atoms with Crippen molar-refractivity contribution in [2.45, 2.75) is 284 Å². The van der Waals surface area contributed by atoms with Crippen molar-refractivity contribution in [3.05, 3.63) is 0 Å². The number of hydrogen-bond donors (Lipinski definition) is 0. The Morgan fingerprint density at radius 1 is 0.392 bits per heavy atom. The maximum absolute atomic E-state index is 11.1. The van der Waals surface area contributed by atoms with Crippen LogP contribution in [0.2, 0.25) is 0 Å². The molecule has 0 saturated heterocycles. The van der Waals surface area contributed by atoms with Crippen LogP contribution in [-0.4, -0.2) is 30.0 Å². The van der Waals surface area contributed by atoms with E-state index in [2.05, 4.69) is 25.7 Å². The van der Waals surface area contributed by atoms with Crippen LogP contribution in [0.25, 0.3) is 0 Å². The third-order valence-corrected chi connectivity index (χ3v) is 11.5. The molecule has 0 N–H and O–H groups in total. The summed E-state index contributed by atoms with van der Waals surface area (Å²) in [6.07, 6.45) is 54.7. The van der Waals surface area contributed by atoms with Gasteiger partial charge in [-0.2, -0.15) is 0 Å². The van der Waals surface area contributed by atoms with Crippen LogP contribution < -0.4 is 34.7 Å². The molecule has 0 rings (SSSR count). The summed E-state index contributed by atoms with van der Waals surface area (Å²) in [7, 11) is 0. The Kier molecular flexibility index (Phi) is 48.9. The predicted octanol–water partition coefficient (Wildman–Crippen LogP) is 12.1. The molecule has 4 heteroatoms. The largest absolute Gasteiger partial charge is 1.00 e. The molecule has 0 aliphatic carbocycles. The zero-order chi connectivity index (χ0) is 36.4. The van der Waals surface area contributed by atoms with E-state index in [0.717, 1.165) is 19.5 Å². The normalized spacial score (nSPS) is 12.1. The van der Waals surface area contributed by atoms with Crippen LogP contribution in [0.3, 0.4) is 0 Å². The van der Waals surface area contributed by atoms with Crippen LogP contribution in [0, 0.1) is 0 Å². The van der Waals surface area contributed by atoms with E-state index >= 15 is 0 Å². The van der Waals surface area contributed by atoms with Crippen LogP contribution in [-0.2, 0) is 4.79 Å². The maximum atomic E-state index is 11.1. The first-order valence-corrected chi connectivity index (χ1v) is 23.6. The second kappa shape index (κ2) is 46.6. The molecule has 0 bridgehead atoms. The zero-order valence-electron chi connectivity index (χ0n) is 36.0. The van der Waals surface area contributed by atoms with Gasteiger partial charge in [-0.05, 0) is 45.7 Å². The Morgan fingerprint density at radius 2 is 0.588 bits per heavy atom. The number of unbranched alkanes of at least 4 members (excludes halogenated alkanes) is 36. The topological polar surface area (TPSA) is 43.4 Å². The van der Waals surface area contributed by atoms with Crippen molar-refractivity contribution in [3.63, 3.8) is 0 Å². The van der Waals surface area contributed by atoms with Crippen molar-refractivity contribution in [2.75, 3.05) is 13.1 Å². The van der Waals surface area contributed by atoms with Crippen molar-refractivity contribution < 1.29 is 39.5 Å². The average Bonchev–Trinajstić information content (AvgIpc) is 3.11. The van der Waals surface area contributed by atoms with E-state index in [0.29, 0.717) is 6.04 Å². The quantitative estimate of drug-likeness (QED) is 0.0464. The summed E-state index contributed by atoms with van der Waals surface area (Å²) >= 11 is 0. The van der Waals surface area contributed by atoms with E-state index in [9.17, 15) is 9.90 Å². The van der Waals surface area contributed by atoms with E-state index in [-0.39, 0.29) is 36.0 Å².